The van der Waals surface area contributed by atoms with Gasteiger partial charge < -0.3 is 15.6 Å². The van der Waals surface area contributed by atoms with E-state index in [1.54, 1.807) is 35.0 Å². The van der Waals surface area contributed by atoms with Gasteiger partial charge in [-0.2, -0.15) is 18.2 Å². The van der Waals surface area contributed by atoms with Gasteiger partial charge in [-0.05, 0) is 29.8 Å². The Morgan fingerprint density at radius 3 is 2.62 bits per heavy atom. The van der Waals surface area contributed by atoms with E-state index in [1.807, 2.05) is 0 Å². The molecule has 2 aromatic carbocycles. The number of fused-ring (bicyclic) bond motifs is 3. The first kappa shape index (κ1) is 18.7. The fourth-order valence-electron chi connectivity index (χ4n) is 3.44. The predicted molar refractivity (Wildman–Crippen MR) is 104 cm³/mol. The van der Waals surface area contributed by atoms with E-state index >= 15 is 0 Å². The van der Waals surface area contributed by atoms with Crippen molar-refractivity contribution in [3.63, 3.8) is 0 Å². The summed E-state index contributed by atoms with van der Waals surface area (Å²) < 4.78 is 41.7. The summed E-state index contributed by atoms with van der Waals surface area (Å²) in [5, 5.41) is 3.92. The molecular formula is C20H16F3N5O. The summed E-state index contributed by atoms with van der Waals surface area (Å²) in [5.74, 6) is -0.0434. The highest BCUT2D eigenvalue weighted by Gasteiger charge is 2.32. The van der Waals surface area contributed by atoms with Crippen molar-refractivity contribution >= 4 is 39.5 Å². The van der Waals surface area contributed by atoms with Crippen LogP contribution in [-0.2, 0) is 17.5 Å². The summed E-state index contributed by atoms with van der Waals surface area (Å²) in [6, 6.07) is 10.7. The minimum atomic E-state index is -4.43. The molecule has 148 valence electrons. The summed E-state index contributed by atoms with van der Waals surface area (Å²) in [7, 11) is 0. The molecule has 0 fully saturated rings. The summed E-state index contributed by atoms with van der Waals surface area (Å²) >= 11 is 0. The van der Waals surface area contributed by atoms with E-state index in [1.165, 1.54) is 19.1 Å². The van der Waals surface area contributed by atoms with Gasteiger partial charge in [0, 0.05) is 30.6 Å². The minimum Gasteiger partial charge on any atom is -0.368 e. The zero-order valence-corrected chi connectivity index (χ0v) is 15.3. The van der Waals surface area contributed by atoms with Crippen LogP contribution in [0.2, 0.25) is 0 Å². The van der Waals surface area contributed by atoms with E-state index in [9.17, 15) is 18.0 Å². The summed E-state index contributed by atoms with van der Waals surface area (Å²) in [4.78, 5) is 19.9. The quantitative estimate of drug-likeness (QED) is 0.541. The van der Waals surface area contributed by atoms with Gasteiger partial charge in [0.1, 0.15) is 5.82 Å². The Morgan fingerprint density at radius 1 is 1.14 bits per heavy atom. The van der Waals surface area contributed by atoms with Crippen molar-refractivity contribution in [3.8, 4) is 0 Å². The molecule has 2 aromatic heterocycles. The maximum absolute atomic E-state index is 13.3. The third kappa shape index (κ3) is 3.46. The Bertz CT molecular complexity index is 1250. The van der Waals surface area contributed by atoms with Crippen LogP contribution in [0.25, 0.3) is 21.8 Å². The number of benzene rings is 2. The molecule has 1 amide bonds. The minimum absolute atomic E-state index is 0.0131. The lowest BCUT2D eigenvalue weighted by Crippen LogP contribution is -2.11. The number of alkyl halides is 3. The van der Waals surface area contributed by atoms with Crippen LogP contribution in [-0.4, -0.2) is 20.4 Å². The lowest BCUT2D eigenvalue weighted by atomic mass is 10.1. The number of hydrogen-bond donors (Lipinski definition) is 2. The second kappa shape index (κ2) is 6.77. The van der Waals surface area contributed by atoms with Gasteiger partial charge in [0.2, 0.25) is 11.9 Å². The van der Waals surface area contributed by atoms with Crippen LogP contribution in [0, 0.1) is 0 Å². The number of nitrogens with one attached hydrogen (secondary N) is 1. The number of hydrogen-bond acceptors (Lipinski definition) is 4. The normalized spacial score (nSPS) is 11.9. The fraction of sp³-hybridized carbons (Fsp3) is 0.150. The first-order valence-electron chi connectivity index (χ1n) is 8.72. The highest BCUT2D eigenvalue weighted by atomic mass is 19.4. The van der Waals surface area contributed by atoms with Crippen LogP contribution in [0.1, 0.15) is 18.1 Å². The number of carbonyl (C=O) groups excluding carboxylic acids is 1. The van der Waals surface area contributed by atoms with E-state index in [0.717, 1.165) is 6.07 Å². The third-order valence-corrected chi connectivity index (χ3v) is 4.59. The Balaban J connectivity index is 1.87. The molecule has 9 heteroatoms. The van der Waals surface area contributed by atoms with Crippen molar-refractivity contribution in [2.75, 3.05) is 11.1 Å². The first-order valence-corrected chi connectivity index (χ1v) is 8.72. The second-order valence-electron chi connectivity index (χ2n) is 6.60. The van der Waals surface area contributed by atoms with Crippen molar-refractivity contribution in [1.29, 1.82) is 0 Å². The Kier molecular flexibility index (Phi) is 4.37. The monoisotopic (exact) mass is 399 g/mol. The molecule has 0 saturated carbocycles. The zero-order valence-electron chi connectivity index (χ0n) is 15.3. The van der Waals surface area contributed by atoms with E-state index in [0.29, 0.717) is 21.8 Å². The number of nitrogens with zero attached hydrogens (tertiary/aromatic N) is 3. The van der Waals surface area contributed by atoms with Gasteiger partial charge in [0.15, 0.2) is 0 Å². The summed E-state index contributed by atoms with van der Waals surface area (Å²) in [5.41, 5.74) is 6.43. The number of nitrogen functional groups attached to an aromatic ring is 1. The summed E-state index contributed by atoms with van der Waals surface area (Å²) in [6.45, 7) is 1.39. The summed E-state index contributed by atoms with van der Waals surface area (Å²) in [6.07, 6.45) is -2.73. The molecular weight excluding hydrogens is 383 g/mol. The van der Waals surface area contributed by atoms with Crippen molar-refractivity contribution in [3.05, 3.63) is 59.8 Å². The predicted octanol–water partition coefficient (Wildman–Crippen LogP) is 4.19. The molecule has 0 spiro atoms. The van der Waals surface area contributed by atoms with Gasteiger partial charge in [0.25, 0.3) is 0 Å². The number of halogens is 3. The smallest absolute Gasteiger partial charge is 0.368 e. The van der Waals surface area contributed by atoms with Crippen LogP contribution >= 0.6 is 0 Å². The molecule has 3 N–H and O–H groups in total. The van der Waals surface area contributed by atoms with Gasteiger partial charge in [-0.3, -0.25) is 4.79 Å². The number of amides is 1. The lowest BCUT2D eigenvalue weighted by Gasteiger charge is -2.14. The molecule has 4 rings (SSSR count). The average molecular weight is 399 g/mol. The second-order valence-corrected chi connectivity index (χ2v) is 6.60. The van der Waals surface area contributed by atoms with Crippen LogP contribution in [0.15, 0.2) is 48.7 Å². The topological polar surface area (TPSA) is 85.8 Å². The Hall–Kier alpha value is -3.62. The molecule has 0 saturated heterocycles. The molecule has 6 nitrogen and oxygen atoms in total. The maximum atomic E-state index is 13.3. The molecule has 0 aliphatic carbocycles. The Labute approximate surface area is 163 Å². The van der Waals surface area contributed by atoms with Gasteiger partial charge in [-0.25, -0.2) is 4.98 Å². The molecule has 0 radical (unpaired) electrons. The molecule has 29 heavy (non-hydrogen) atoms. The Morgan fingerprint density at radius 2 is 1.90 bits per heavy atom. The molecule has 0 atom stereocenters. The average Bonchev–Trinajstić information content (AvgIpc) is 3.03. The zero-order chi connectivity index (χ0) is 20.8. The molecule has 0 bridgehead atoms. The number of aromatic nitrogens is 3. The highest BCUT2D eigenvalue weighted by Crippen LogP contribution is 2.34. The number of anilines is 2. The van der Waals surface area contributed by atoms with Crippen LogP contribution in [0.4, 0.5) is 24.9 Å². The van der Waals surface area contributed by atoms with Gasteiger partial charge in [-0.1, -0.05) is 18.2 Å². The number of carbonyl (C=O) groups is 1. The van der Waals surface area contributed by atoms with Crippen molar-refractivity contribution in [2.24, 2.45) is 0 Å². The molecule has 0 aliphatic heterocycles. The maximum Gasteiger partial charge on any atom is 0.416 e. The first-order chi connectivity index (χ1) is 13.7. The van der Waals surface area contributed by atoms with Gasteiger partial charge in [0.05, 0.1) is 16.5 Å². The van der Waals surface area contributed by atoms with E-state index in [4.69, 9.17) is 5.73 Å². The molecule has 4 aromatic rings. The van der Waals surface area contributed by atoms with E-state index < -0.39 is 11.7 Å². The van der Waals surface area contributed by atoms with Crippen LogP contribution in [0.5, 0.6) is 0 Å². The molecule has 0 unspecified atom stereocenters. The molecule has 2 heterocycles. The van der Waals surface area contributed by atoms with E-state index in [2.05, 4.69) is 15.3 Å². The highest BCUT2D eigenvalue weighted by molar-refractivity contribution is 6.13. The van der Waals surface area contributed by atoms with Crippen LogP contribution < -0.4 is 11.1 Å². The largest absolute Gasteiger partial charge is 0.416 e. The SMILES string of the molecule is CC(=O)Nc1nc(N)nc2ccc3c(ccn3Cc3ccccc3C(F)(F)F)c12. The molecule has 0 aliphatic rings. The van der Waals surface area contributed by atoms with Gasteiger partial charge in [-0.15, -0.1) is 0 Å². The fourth-order valence-corrected chi connectivity index (χ4v) is 3.44. The third-order valence-electron chi connectivity index (χ3n) is 4.59. The van der Waals surface area contributed by atoms with Crippen molar-refractivity contribution < 1.29 is 18.0 Å². The van der Waals surface area contributed by atoms with Crippen LogP contribution in [0.3, 0.4) is 0 Å². The van der Waals surface area contributed by atoms with Crippen molar-refractivity contribution in [2.45, 2.75) is 19.6 Å². The number of rotatable bonds is 3. The lowest BCUT2D eigenvalue weighted by molar-refractivity contribution is -0.138. The standard InChI is InChI=1S/C20H16F3N5O/c1-11(29)25-18-17-13-8-9-28(16(13)7-6-15(17)26-19(24)27-18)10-12-4-2-3-5-14(12)20(21,22)23/h2-9H,10H2,1H3,(H3,24,25,26,27,29). The number of nitrogens with two attached hydrogens (primary N) is 1. The van der Waals surface area contributed by atoms with Gasteiger partial charge >= 0.3 is 6.18 Å². The van der Waals surface area contributed by atoms with Crippen molar-refractivity contribution in [1.82, 2.24) is 14.5 Å². The van der Waals surface area contributed by atoms with E-state index in [-0.39, 0.29) is 29.8 Å².